The summed E-state index contributed by atoms with van der Waals surface area (Å²) in [5.74, 6) is -0.731. The number of benzene rings is 2. The molecule has 0 aromatic heterocycles. The van der Waals surface area contributed by atoms with Crippen molar-refractivity contribution in [3.05, 3.63) is 78.4 Å². The highest BCUT2D eigenvalue weighted by Gasteiger charge is 2.10. The second kappa shape index (κ2) is 9.02. The first kappa shape index (κ1) is 17.9. The van der Waals surface area contributed by atoms with Gasteiger partial charge in [-0.1, -0.05) is 49.0 Å². The average Bonchev–Trinajstić information content (AvgIpc) is 2.65. The molecule has 25 heavy (non-hydrogen) atoms. The van der Waals surface area contributed by atoms with E-state index in [1.807, 2.05) is 6.07 Å². The van der Waals surface area contributed by atoms with E-state index in [0.29, 0.717) is 16.8 Å². The molecule has 128 valence electrons. The lowest BCUT2D eigenvalue weighted by Crippen LogP contribution is -2.18. The van der Waals surface area contributed by atoms with Crippen LogP contribution >= 0.6 is 0 Å². The number of hydrogen-bond acceptors (Lipinski definition) is 5. The van der Waals surface area contributed by atoms with Gasteiger partial charge in [0, 0.05) is 22.9 Å². The molecule has 0 saturated carbocycles. The molecule has 0 bridgehead atoms. The largest absolute Gasteiger partial charge is 0.459 e. The molecule has 0 heterocycles. The summed E-state index contributed by atoms with van der Waals surface area (Å²) in [6.45, 7) is 3.10. The highest BCUT2D eigenvalue weighted by Crippen LogP contribution is 2.15. The number of hydrogen-bond donors (Lipinski definition) is 1. The van der Waals surface area contributed by atoms with Crippen molar-refractivity contribution in [1.82, 2.24) is 0 Å². The third kappa shape index (κ3) is 5.62. The average molecular weight is 339 g/mol. The van der Waals surface area contributed by atoms with Gasteiger partial charge >= 0.3 is 12.1 Å². The van der Waals surface area contributed by atoms with Crippen molar-refractivity contribution < 1.29 is 23.9 Å². The minimum Gasteiger partial charge on any atom is -0.459 e. The number of amides is 1. The third-order valence-electron chi connectivity index (χ3n) is 3.13. The second-order valence-electron chi connectivity index (χ2n) is 4.91. The summed E-state index contributed by atoms with van der Waals surface area (Å²) < 4.78 is 9.56. The highest BCUT2D eigenvalue weighted by atomic mass is 16.6. The van der Waals surface area contributed by atoms with Gasteiger partial charge in [-0.25, -0.2) is 9.59 Å². The Balaban J connectivity index is 1.90. The number of ketones is 1. The molecule has 2 aromatic rings. The van der Waals surface area contributed by atoms with Crippen LogP contribution in [-0.4, -0.2) is 31.1 Å². The fraction of sp³-hybridized carbons (Fsp3) is 0.105. The van der Waals surface area contributed by atoms with Gasteiger partial charge in [-0.2, -0.15) is 0 Å². The van der Waals surface area contributed by atoms with E-state index in [1.165, 1.54) is 0 Å². The number of ether oxygens (including phenoxy) is 2. The number of carbonyl (C=O) groups excluding carboxylic acids is 3. The first-order valence-electron chi connectivity index (χ1n) is 7.53. The lowest BCUT2D eigenvalue weighted by molar-refractivity contribution is -0.138. The van der Waals surface area contributed by atoms with Crippen LogP contribution in [0.4, 0.5) is 10.5 Å². The first-order chi connectivity index (χ1) is 12.1. The number of nitrogens with one attached hydrogen (secondary N) is 1. The van der Waals surface area contributed by atoms with Gasteiger partial charge in [0.2, 0.25) is 0 Å². The SMILES string of the molecule is C=CC(=O)OCCOC(=O)Nc1cccc(C(=O)c2ccccc2)c1. The Hall–Kier alpha value is -3.41. The predicted molar refractivity (Wildman–Crippen MR) is 92.4 cm³/mol. The molecule has 2 aromatic carbocycles. The molecular weight excluding hydrogens is 322 g/mol. The molecule has 0 saturated heterocycles. The summed E-state index contributed by atoms with van der Waals surface area (Å²) in [5, 5.41) is 2.52. The topological polar surface area (TPSA) is 81.7 Å². The zero-order valence-corrected chi connectivity index (χ0v) is 13.4. The molecule has 6 heteroatoms. The number of carbonyl (C=O) groups is 3. The number of esters is 1. The van der Waals surface area contributed by atoms with Gasteiger partial charge in [-0.05, 0) is 12.1 Å². The highest BCUT2D eigenvalue weighted by molar-refractivity contribution is 6.09. The van der Waals surface area contributed by atoms with E-state index in [2.05, 4.69) is 16.6 Å². The van der Waals surface area contributed by atoms with Crippen molar-refractivity contribution in [2.75, 3.05) is 18.5 Å². The van der Waals surface area contributed by atoms with Crippen molar-refractivity contribution in [1.29, 1.82) is 0 Å². The third-order valence-corrected chi connectivity index (χ3v) is 3.13. The van der Waals surface area contributed by atoms with Crippen LogP contribution in [0.3, 0.4) is 0 Å². The molecule has 0 aliphatic carbocycles. The summed E-state index contributed by atoms with van der Waals surface area (Å²) >= 11 is 0. The normalized spacial score (nSPS) is 9.76. The summed E-state index contributed by atoms with van der Waals surface area (Å²) in [6, 6.07) is 15.4. The molecule has 0 spiro atoms. The van der Waals surface area contributed by atoms with E-state index in [0.717, 1.165) is 6.08 Å². The second-order valence-corrected chi connectivity index (χ2v) is 4.91. The fourth-order valence-electron chi connectivity index (χ4n) is 1.98. The maximum atomic E-state index is 12.4. The Morgan fingerprint density at radius 3 is 2.32 bits per heavy atom. The van der Waals surface area contributed by atoms with Crippen molar-refractivity contribution in [3.63, 3.8) is 0 Å². The molecule has 1 amide bonds. The predicted octanol–water partition coefficient (Wildman–Crippen LogP) is 3.20. The Morgan fingerprint density at radius 2 is 1.60 bits per heavy atom. The van der Waals surface area contributed by atoms with Gasteiger partial charge in [0.15, 0.2) is 5.78 Å². The minimum absolute atomic E-state index is 0.0647. The van der Waals surface area contributed by atoms with Crippen LogP contribution < -0.4 is 5.32 Å². The molecule has 0 aliphatic rings. The molecule has 2 rings (SSSR count). The van der Waals surface area contributed by atoms with Gasteiger partial charge in [0.05, 0.1) is 0 Å². The maximum absolute atomic E-state index is 12.4. The summed E-state index contributed by atoms with van der Waals surface area (Å²) in [7, 11) is 0. The van der Waals surface area contributed by atoms with Gasteiger partial charge in [-0.15, -0.1) is 0 Å². The van der Waals surface area contributed by atoms with Gasteiger partial charge in [0.25, 0.3) is 0 Å². The molecule has 0 aliphatic heterocycles. The lowest BCUT2D eigenvalue weighted by atomic mass is 10.0. The van der Waals surface area contributed by atoms with Crippen LogP contribution in [0.2, 0.25) is 0 Å². The Kier molecular flexibility index (Phi) is 6.47. The Bertz CT molecular complexity index is 770. The molecule has 1 N–H and O–H groups in total. The van der Waals surface area contributed by atoms with Gasteiger partial charge in [0.1, 0.15) is 13.2 Å². The summed E-state index contributed by atoms with van der Waals surface area (Å²) in [4.78, 5) is 34.9. The van der Waals surface area contributed by atoms with Crippen molar-refractivity contribution in [2.24, 2.45) is 0 Å². The molecular formula is C19H17NO5. The standard InChI is InChI=1S/C19H17NO5/c1-2-17(21)24-11-12-25-19(23)20-16-10-6-9-15(13-16)18(22)14-7-4-3-5-8-14/h2-10,13H,1,11-12H2,(H,20,23). The van der Waals surface area contributed by atoms with Crippen LogP contribution in [0.25, 0.3) is 0 Å². The van der Waals surface area contributed by atoms with Crippen LogP contribution in [0.15, 0.2) is 67.3 Å². The molecule has 6 nitrogen and oxygen atoms in total. The monoisotopic (exact) mass is 339 g/mol. The summed E-state index contributed by atoms with van der Waals surface area (Å²) in [6.07, 6.45) is 0.314. The van der Waals surface area contributed by atoms with E-state index in [9.17, 15) is 14.4 Å². The zero-order valence-electron chi connectivity index (χ0n) is 13.4. The van der Waals surface area contributed by atoms with Gasteiger partial charge in [-0.3, -0.25) is 10.1 Å². The molecule has 0 radical (unpaired) electrons. The van der Waals surface area contributed by atoms with Gasteiger partial charge < -0.3 is 9.47 Å². The maximum Gasteiger partial charge on any atom is 0.411 e. The lowest BCUT2D eigenvalue weighted by Gasteiger charge is -2.08. The van der Waals surface area contributed by atoms with E-state index in [4.69, 9.17) is 4.74 Å². The fourth-order valence-corrected chi connectivity index (χ4v) is 1.98. The van der Waals surface area contributed by atoms with Crippen LogP contribution in [0.1, 0.15) is 15.9 Å². The van der Waals surface area contributed by atoms with Crippen molar-refractivity contribution >= 4 is 23.5 Å². The zero-order chi connectivity index (χ0) is 18.1. The van der Waals surface area contributed by atoms with Crippen molar-refractivity contribution in [3.8, 4) is 0 Å². The van der Waals surface area contributed by atoms with E-state index in [1.54, 1.807) is 48.5 Å². The van der Waals surface area contributed by atoms with Crippen LogP contribution in [0.5, 0.6) is 0 Å². The number of rotatable bonds is 7. The molecule has 0 unspecified atom stereocenters. The minimum atomic E-state index is -0.709. The van der Waals surface area contributed by atoms with Crippen molar-refractivity contribution in [2.45, 2.75) is 0 Å². The van der Waals surface area contributed by atoms with Crippen LogP contribution in [0, 0.1) is 0 Å². The van der Waals surface area contributed by atoms with Crippen LogP contribution in [-0.2, 0) is 14.3 Å². The quantitative estimate of drug-likeness (QED) is 0.362. The van der Waals surface area contributed by atoms with E-state index >= 15 is 0 Å². The molecule has 0 fully saturated rings. The first-order valence-corrected chi connectivity index (χ1v) is 7.53. The van der Waals surface area contributed by atoms with E-state index < -0.39 is 12.1 Å². The molecule has 0 atom stereocenters. The summed E-state index contributed by atoms with van der Waals surface area (Å²) in [5.41, 5.74) is 1.44. The Morgan fingerprint density at radius 1 is 0.920 bits per heavy atom. The number of anilines is 1. The smallest absolute Gasteiger partial charge is 0.411 e. The Labute approximate surface area is 145 Å². The van der Waals surface area contributed by atoms with E-state index in [-0.39, 0.29) is 19.0 Å².